The SMILES string of the molecule is CCCC1CCC(CN)C(N(CCCO)C(C)C)C1. The summed E-state index contributed by atoms with van der Waals surface area (Å²) in [7, 11) is 0. The first-order valence-electron chi connectivity index (χ1n) is 8.20. The summed E-state index contributed by atoms with van der Waals surface area (Å²) in [6.45, 7) is 8.94. The number of aliphatic hydroxyl groups is 1. The van der Waals surface area contributed by atoms with E-state index in [0.29, 0.717) is 24.6 Å². The molecule has 19 heavy (non-hydrogen) atoms. The summed E-state index contributed by atoms with van der Waals surface area (Å²) in [5, 5.41) is 9.10. The van der Waals surface area contributed by atoms with Gasteiger partial charge in [-0.25, -0.2) is 0 Å². The Balaban J connectivity index is 2.69. The minimum Gasteiger partial charge on any atom is -0.396 e. The Morgan fingerprint density at radius 2 is 2.05 bits per heavy atom. The summed E-state index contributed by atoms with van der Waals surface area (Å²) in [5.41, 5.74) is 6.00. The molecule has 3 atom stereocenters. The van der Waals surface area contributed by atoms with Crippen LogP contribution in [0.3, 0.4) is 0 Å². The van der Waals surface area contributed by atoms with E-state index in [-0.39, 0.29) is 0 Å². The van der Waals surface area contributed by atoms with Crippen LogP contribution in [0.4, 0.5) is 0 Å². The summed E-state index contributed by atoms with van der Waals surface area (Å²) in [5.74, 6) is 1.53. The van der Waals surface area contributed by atoms with Gasteiger partial charge in [-0.05, 0) is 51.5 Å². The van der Waals surface area contributed by atoms with E-state index in [1.54, 1.807) is 0 Å². The first-order valence-corrected chi connectivity index (χ1v) is 8.20. The lowest BCUT2D eigenvalue weighted by molar-refractivity contribution is 0.0504. The molecular weight excluding hydrogens is 236 g/mol. The van der Waals surface area contributed by atoms with Gasteiger partial charge >= 0.3 is 0 Å². The third-order valence-electron chi connectivity index (χ3n) is 4.73. The number of rotatable bonds is 8. The molecule has 114 valence electrons. The monoisotopic (exact) mass is 270 g/mol. The van der Waals surface area contributed by atoms with Gasteiger partial charge in [0.05, 0.1) is 0 Å². The van der Waals surface area contributed by atoms with E-state index < -0.39 is 0 Å². The fraction of sp³-hybridized carbons (Fsp3) is 1.00. The minimum atomic E-state index is 0.293. The van der Waals surface area contributed by atoms with Crippen LogP contribution in [0.15, 0.2) is 0 Å². The van der Waals surface area contributed by atoms with E-state index in [0.717, 1.165) is 25.4 Å². The van der Waals surface area contributed by atoms with Gasteiger partial charge in [-0.15, -0.1) is 0 Å². The third kappa shape index (κ3) is 5.05. The molecule has 3 nitrogen and oxygen atoms in total. The van der Waals surface area contributed by atoms with Crippen molar-refractivity contribution in [1.82, 2.24) is 4.90 Å². The highest BCUT2D eigenvalue weighted by molar-refractivity contribution is 4.88. The maximum atomic E-state index is 9.10. The number of nitrogens with two attached hydrogens (primary N) is 1. The van der Waals surface area contributed by atoms with Crippen molar-refractivity contribution < 1.29 is 5.11 Å². The average Bonchev–Trinajstić information content (AvgIpc) is 2.39. The summed E-state index contributed by atoms with van der Waals surface area (Å²) in [6, 6.07) is 1.17. The van der Waals surface area contributed by atoms with Crippen molar-refractivity contribution in [2.24, 2.45) is 17.6 Å². The molecule has 0 bridgehead atoms. The predicted octanol–water partition coefficient (Wildman–Crippen LogP) is 2.62. The van der Waals surface area contributed by atoms with E-state index >= 15 is 0 Å². The summed E-state index contributed by atoms with van der Waals surface area (Å²) in [4.78, 5) is 2.59. The van der Waals surface area contributed by atoms with Crippen LogP contribution < -0.4 is 5.73 Å². The fourth-order valence-electron chi connectivity index (χ4n) is 3.71. The standard InChI is InChI=1S/C16H34N2O/c1-4-6-14-7-8-15(12-17)16(11-14)18(13(2)3)9-5-10-19/h13-16,19H,4-12,17H2,1-3H3. The molecule has 3 N–H and O–H groups in total. The Bertz CT molecular complexity index is 233. The van der Waals surface area contributed by atoms with Crippen molar-refractivity contribution in [2.45, 2.75) is 71.4 Å². The van der Waals surface area contributed by atoms with Crippen molar-refractivity contribution in [1.29, 1.82) is 0 Å². The molecule has 1 saturated carbocycles. The lowest BCUT2D eigenvalue weighted by Gasteiger charge is -2.44. The second-order valence-electron chi connectivity index (χ2n) is 6.44. The quantitative estimate of drug-likeness (QED) is 0.713. The molecule has 0 aromatic carbocycles. The molecule has 0 amide bonds. The zero-order chi connectivity index (χ0) is 14.3. The summed E-state index contributed by atoms with van der Waals surface area (Å²) < 4.78 is 0. The molecule has 0 spiro atoms. The van der Waals surface area contributed by atoms with Gasteiger partial charge in [-0.2, -0.15) is 0 Å². The largest absolute Gasteiger partial charge is 0.396 e. The smallest absolute Gasteiger partial charge is 0.0443 e. The Morgan fingerprint density at radius 1 is 1.32 bits per heavy atom. The first kappa shape index (κ1) is 16.9. The fourth-order valence-corrected chi connectivity index (χ4v) is 3.71. The summed E-state index contributed by atoms with van der Waals surface area (Å²) >= 11 is 0. The number of aliphatic hydroxyl groups excluding tert-OH is 1. The van der Waals surface area contributed by atoms with E-state index in [4.69, 9.17) is 10.8 Å². The molecule has 0 heterocycles. The molecule has 3 unspecified atom stereocenters. The van der Waals surface area contributed by atoms with Gasteiger partial charge in [-0.1, -0.05) is 26.2 Å². The van der Waals surface area contributed by atoms with Gasteiger partial charge in [0, 0.05) is 25.2 Å². The minimum absolute atomic E-state index is 0.293. The lowest BCUT2D eigenvalue weighted by Crippen LogP contribution is -2.50. The van der Waals surface area contributed by atoms with E-state index in [9.17, 15) is 0 Å². The maximum absolute atomic E-state index is 9.10. The second kappa shape index (κ2) is 8.93. The molecule has 0 radical (unpaired) electrons. The van der Waals surface area contributed by atoms with Crippen LogP contribution in [0, 0.1) is 11.8 Å². The van der Waals surface area contributed by atoms with Crippen LogP contribution in [0.1, 0.15) is 59.3 Å². The third-order valence-corrected chi connectivity index (χ3v) is 4.73. The molecular formula is C16H34N2O. The molecule has 1 rings (SSSR count). The van der Waals surface area contributed by atoms with Crippen molar-refractivity contribution >= 4 is 0 Å². The van der Waals surface area contributed by atoms with E-state index in [1.165, 1.54) is 32.1 Å². The first-order chi connectivity index (χ1) is 9.13. The zero-order valence-corrected chi connectivity index (χ0v) is 13.1. The Labute approximate surface area is 119 Å². The highest BCUT2D eigenvalue weighted by atomic mass is 16.3. The van der Waals surface area contributed by atoms with Crippen molar-refractivity contribution in [3.05, 3.63) is 0 Å². The molecule has 1 fully saturated rings. The Hall–Kier alpha value is -0.120. The van der Waals surface area contributed by atoms with Crippen LogP contribution in [0.25, 0.3) is 0 Å². The highest BCUT2D eigenvalue weighted by Crippen LogP contribution is 2.35. The molecule has 0 aliphatic heterocycles. The van der Waals surface area contributed by atoms with Gasteiger partial charge in [0.1, 0.15) is 0 Å². The molecule has 3 heteroatoms. The predicted molar refractivity (Wildman–Crippen MR) is 82.1 cm³/mol. The summed E-state index contributed by atoms with van der Waals surface area (Å²) in [6.07, 6.45) is 7.48. The van der Waals surface area contributed by atoms with Gasteiger partial charge in [0.25, 0.3) is 0 Å². The van der Waals surface area contributed by atoms with Crippen LogP contribution in [-0.4, -0.2) is 41.8 Å². The molecule has 0 aromatic heterocycles. The normalized spacial score (nSPS) is 28.3. The highest BCUT2D eigenvalue weighted by Gasteiger charge is 2.34. The van der Waals surface area contributed by atoms with Gasteiger partial charge in [0.15, 0.2) is 0 Å². The topological polar surface area (TPSA) is 49.5 Å². The molecule has 1 aliphatic carbocycles. The Kier molecular flexibility index (Phi) is 7.96. The zero-order valence-electron chi connectivity index (χ0n) is 13.1. The lowest BCUT2D eigenvalue weighted by atomic mass is 9.75. The van der Waals surface area contributed by atoms with E-state index in [1.807, 2.05) is 0 Å². The van der Waals surface area contributed by atoms with Crippen molar-refractivity contribution in [2.75, 3.05) is 19.7 Å². The average molecular weight is 270 g/mol. The number of hydrogen-bond donors (Lipinski definition) is 2. The maximum Gasteiger partial charge on any atom is 0.0443 e. The van der Waals surface area contributed by atoms with Crippen LogP contribution in [0.2, 0.25) is 0 Å². The Morgan fingerprint density at radius 3 is 2.58 bits per heavy atom. The second-order valence-corrected chi connectivity index (χ2v) is 6.44. The van der Waals surface area contributed by atoms with Crippen molar-refractivity contribution in [3.63, 3.8) is 0 Å². The van der Waals surface area contributed by atoms with Gasteiger partial charge in [-0.3, -0.25) is 4.90 Å². The number of hydrogen-bond acceptors (Lipinski definition) is 3. The van der Waals surface area contributed by atoms with Crippen LogP contribution >= 0.6 is 0 Å². The van der Waals surface area contributed by atoms with E-state index in [2.05, 4.69) is 25.7 Å². The van der Waals surface area contributed by atoms with Crippen LogP contribution in [-0.2, 0) is 0 Å². The van der Waals surface area contributed by atoms with Gasteiger partial charge < -0.3 is 10.8 Å². The van der Waals surface area contributed by atoms with Crippen molar-refractivity contribution in [3.8, 4) is 0 Å². The molecule has 0 aromatic rings. The molecule has 1 aliphatic rings. The van der Waals surface area contributed by atoms with Gasteiger partial charge in [0.2, 0.25) is 0 Å². The molecule has 0 saturated heterocycles. The number of nitrogens with zero attached hydrogens (tertiary/aromatic N) is 1. The van der Waals surface area contributed by atoms with Crippen LogP contribution in [0.5, 0.6) is 0 Å².